The third-order valence-corrected chi connectivity index (χ3v) is 9.80. The first kappa shape index (κ1) is 19.3. The first-order valence-electron chi connectivity index (χ1n) is 11.9. The van der Waals surface area contributed by atoms with Crippen molar-refractivity contribution < 1.29 is 10.2 Å². The quantitative estimate of drug-likeness (QED) is 0.738. The molecule has 6 atom stereocenters. The molecule has 5 rings (SSSR count). The van der Waals surface area contributed by atoms with Gasteiger partial charge in [-0.1, -0.05) is 43.6 Å². The van der Waals surface area contributed by atoms with Crippen LogP contribution in [0.3, 0.4) is 0 Å². The van der Waals surface area contributed by atoms with Crippen LogP contribution in [0.5, 0.6) is 0 Å². The lowest BCUT2D eigenvalue weighted by atomic mass is 9.50. The van der Waals surface area contributed by atoms with Gasteiger partial charge in [-0.15, -0.1) is 0 Å². The SMILES string of the molecule is CC12CCC(O)CC1=CC=C1C2CCC2(C)C1CCC2(O)CN1CCCCC1. The molecule has 1 heterocycles. The standard InChI is InChI=1S/C25H39NO2/c1-23-11-8-19(27)16-18(23)6-7-20-21(23)9-12-24(2)22(20)10-13-25(24,28)17-26-14-4-3-5-15-26/h6-7,19,21-22,27-28H,3-5,8-17H2,1-2H3. The van der Waals surface area contributed by atoms with Gasteiger partial charge in [-0.3, -0.25) is 0 Å². The first-order chi connectivity index (χ1) is 13.4. The molecule has 156 valence electrons. The predicted molar refractivity (Wildman–Crippen MR) is 113 cm³/mol. The Hall–Kier alpha value is -0.640. The van der Waals surface area contributed by atoms with Crippen molar-refractivity contribution in [2.45, 2.75) is 89.8 Å². The fourth-order valence-corrected chi connectivity index (χ4v) is 7.84. The van der Waals surface area contributed by atoms with E-state index in [0.29, 0.717) is 11.8 Å². The van der Waals surface area contributed by atoms with Gasteiger partial charge in [-0.2, -0.15) is 0 Å². The van der Waals surface area contributed by atoms with E-state index in [0.717, 1.165) is 45.1 Å². The molecule has 3 heteroatoms. The smallest absolute Gasteiger partial charge is 0.0833 e. The Morgan fingerprint density at radius 2 is 1.71 bits per heavy atom. The van der Waals surface area contributed by atoms with Crippen molar-refractivity contribution in [3.63, 3.8) is 0 Å². The molecular weight excluding hydrogens is 346 g/mol. The predicted octanol–water partition coefficient (Wildman–Crippen LogP) is 4.45. The van der Waals surface area contributed by atoms with Gasteiger partial charge in [0.05, 0.1) is 11.7 Å². The van der Waals surface area contributed by atoms with Crippen LogP contribution in [0.25, 0.3) is 0 Å². The van der Waals surface area contributed by atoms with E-state index in [1.165, 1.54) is 44.3 Å². The van der Waals surface area contributed by atoms with Crippen molar-refractivity contribution in [2.75, 3.05) is 19.6 Å². The zero-order valence-electron chi connectivity index (χ0n) is 17.9. The van der Waals surface area contributed by atoms with Gasteiger partial charge < -0.3 is 15.1 Å². The van der Waals surface area contributed by atoms with Crippen LogP contribution < -0.4 is 0 Å². The number of hydrogen-bond donors (Lipinski definition) is 2. The molecule has 28 heavy (non-hydrogen) atoms. The highest BCUT2D eigenvalue weighted by Crippen LogP contribution is 2.66. The number of aliphatic hydroxyl groups excluding tert-OH is 1. The summed E-state index contributed by atoms with van der Waals surface area (Å²) in [4.78, 5) is 2.54. The number of nitrogens with zero attached hydrogens (tertiary/aromatic N) is 1. The maximum atomic E-state index is 11.9. The van der Waals surface area contributed by atoms with E-state index in [2.05, 4.69) is 30.9 Å². The third kappa shape index (κ3) is 2.72. The maximum absolute atomic E-state index is 11.9. The minimum Gasteiger partial charge on any atom is -0.393 e. The summed E-state index contributed by atoms with van der Waals surface area (Å²) in [6.45, 7) is 8.07. The number of rotatable bonds is 2. The zero-order chi connectivity index (χ0) is 19.6. The first-order valence-corrected chi connectivity index (χ1v) is 11.9. The lowest BCUT2D eigenvalue weighted by Crippen LogP contribution is -2.56. The van der Waals surface area contributed by atoms with Crippen molar-refractivity contribution in [2.24, 2.45) is 22.7 Å². The van der Waals surface area contributed by atoms with Crippen LogP contribution in [-0.4, -0.2) is 46.5 Å². The van der Waals surface area contributed by atoms with Gasteiger partial charge in [0.25, 0.3) is 0 Å². The normalized spacial score (nSPS) is 48.9. The molecule has 1 saturated heterocycles. The third-order valence-electron chi connectivity index (χ3n) is 9.80. The highest BCUT2D eigenvalue weighted by molar-refractivity contribution is 5.39. The van der Waals surface area contributed by atoms with E-state index in [-0.39, 0.29) is 16.9 Å². The molecule has 1 aliphatic heterocycles. The molecule has 4 aliphatic carbocycles. The van der Waals surface area contributed by atoms with Gasteiger partial charge in [0.2, 0.25) is 0 Å². The Balaban J connectivity index is 1.43. The van der Waals surface area contributed by atoms with E-state index >= 15 is 0 Å². The maximum Gasteiger partial charge on any atom is 0.0833 e. The number of allylic oxidation sites excluding steroid dienone is 3. The summed E-state index contributed by atoms with van der Waals surface area (Å²) in [7, 11) is 0. The second-order valence-corrected chi connectivity index (χ2v) is 11.1. The molecule has 0 aromatic carbocycles. The minimum absolute atomic E-state index is 0.0165. The summed E-state index contributed by atoms with van der Waals surface area (Å²) in [6.07, 6.45) is 15.9. The number of likely N-dealkylation sites (tertiary alicyclic amines) is 1. The molecule has 0 aromatic heterocycles. The number of fused-ring (bicyclic) bond motifs is 5. The Labute approximate surface area is 170 Å². The van der Waals surface area contributed by atoms with E-state index in [9.17, 15) is 10.2 Å². The van der Waals surface area contributed by atoms with Crippen LogP contribution >= 0.6 is 0 Å². The van der Waals surface area contributed by atoms with Crippen LogP contribution in [0.4, 0.5) is 0 Å². The highest BCUT2D eigenvalue weighted by atomic mass is 16.3. The lowest BCUT2D eigenvalue weighted by Gasteiger charge is -2.56. The molecule has 3 saturated carbocycles. The summed E-state index contributed by atoms with van der Waals surface area (Å²) >= 11 is 0. The van der Waals surface area contributed by atoms with Gasteiger partial charge in [0, 0.05) is 12.0 Å². The van der Waals surface area contributed by atoms with Crippen LogP contribution in [0.2, 0.25) is 0 Å². The fraction of sp³-hybridized carbons (Fsp3) is 0.840. The average molecular weight is 386 g/mol. The van der Waals surface area contributed by atoms with Gasteiger partial charge in [-0.05, 0) is 88.1 Å². The van der Waals surface area contributed by atoms with Gasteiger partial charge in [0.1, 0.15) is 0 Å². The van der Waals surface area contributed by atoms with Crippen LogP contribution in [0.15, 0.2) is 23.3 Å². The molecule has 2 N–H and O–H groups in total. The molecule has 6 unspecified atom stereocenters. The fourth-order valence-electron chi connectivity index (χ4n) is 7.84. The number of piperidine rings is 1. The summed E-state index contributed by atoms with van der Waals surface area (Å²) in [5, 5.41) is 22.1. The molecule has 0 spiro atoms. The van der Waals surface area contributed by atoms with Crippen molar-refractivity contribution in [1.29, 1.82) is 0 Å². The van der Waals surface area contributed by atoms with Crippen molar-refractivity contribution in [3.8, 4) is 0 Å². The highest BCUT2D eigenvalue weighted by Gasteiger charge is 2.62. The van der Waals surface area contributed by atoms with E-state index in [4.69, 9.17) is 0 Å². The molecule has 0 radical (unpaired) electrons. The van der Waals surface area contributed by atoms with Crippen LogP contribution in [0, 0.1) is 22.7 Å². The molecule has 3 nitrogen and oxygen atoms in total. The van der Waals surface area contributed by atoms with E-state index in [1.54, 1.807) is 5.57 Å². The van der Waals surface area contributed by atoms with E-state index in [1.807, 2.05) is 0 Å². The zero-order valence-corrected chi connectivity index (χ0v) is 17.9. The van der Waals surface area contributed by atoms with Crippen LogP contribution in [-0.2, 0) is 0 Å². The molecule has 4 fully saturated rings. The Morgan fingerprint density at radius 1 is 0.964 bits per heavy atom. The number of aliphatic hydroxyl groups is 2. The monoisotopic (exact) mass is 385 g/mol. The largest absolute Gasteiger partial charge is 0.393 e. The molecular formula is C25H39NO2. The van der Waals surface area contributed by atoms with Crippen molar-refractivity contribution in [3.05, 3.63) is 23.3 Å². The van der Waals surface area contributed by atoms with Gasteiger partial charge in [0.15, 0.2) is 0 Å². The van der Waals surface area contributed by atoms with Gasteiger partial charge >= 0.3 is 0 Å². The second-order valence-electron chi connectivity index (χ2n) is 11.1. The van der Waals surface area contributed by atoms with Gasteiger partial charge in [-0.25, -0.2) is 0 Å². The topological polar surface area (TPSA) is 43.7 Å². The van der Waals surface area contributed by atoms with Crippen LogP contribution in [0.1, 0.15) is 78.1 Å². The second kappa shape index (κ2) is 6.68. The summed E-state index contributed by atoms with van der Waals surface area (Å²) in [6, 6.07) is 0. The molecule has 5 aliphatic rings. The average Bonchev–Trinajstić information content (AvgIpc) is 2.94. The lowest BCUT2D eigenvalue weighted by molar-refractivity contribution is -0.104. The number of hydrogen-bond acceptors (Lipinski definition) is 3. The number of β-amino-alcohol motifs (C(OH)–C–C–N with tert-alkyl or cyclic N) is 1. The Morgan fingerprint density at radius 3 is 2.50 bits per heavy atom. The molecule has 0 amide bonds. The Kier molecular flexibility index (Phi) is 4.61. The minimum atomic E-state index is -0.533. The van der Waals surface area contributed by atoms with E-state index < -0.39 is 5.60 Å². The Bertz CT molecular complexity index is 693. The summed E-state index contributed by atoms with van der Waals surface area (Å²) in [5.41, 5.74) is 2.83. The van der Waals surface area contributed by atoms with Crippen molar-refractivity contribution in [1.82, 2.24) is 4.90 Å². The summed E-state index contributed by atoms with van der Waals surface area (Å²) in [5.74, 6) is 1.15. The summed E-state index contributed by atoms with van der Waals surface area (Å²) < 4.78 is 0. The molecule has 0 aromatic rings. The molecule has 0 bridgehead atoms. The van der Waals surface area contributed by atoms with Crippen molar-refractivity contribution >= 4 is 0 Å².